The van der Waals surface area contributed by atoms with Crippen LogP contribution in [0.25, 0.3) is 0 Å². The highest BCUT2D eigenvalue weighted by Gasteiger charge is 2.32. The van der Waals surface area contributed by atoms with Crippen molar-refractivity contribution < 1.29 is 4.79 Å². The van der Waals surface area contributed by atoms with E-state index in [1.165, 1.54) is 25.7 Å². The number of carbonyl (C=O) groups excluding carboxylic acids is 1. The van der Waals surface area contributed by atoms with Gasteiger partial charge in [0.2, 0.25) is 0 Å². The number of hydrogen-bond acceptors (Lipinski definition) is 1. The molecule has 2 atom stereocenters. The van der Waals surface area contributed by atoms with Gasteiger partial charge in [-0.3, -0.25) is 0 Å². The van der Waals surface area contributed by atoms with E-state index in [1.54, 1.807) is 4.90 Å². The van der Waals surface area contributed by atoms with Crippen molar-refractivity contribution in [1.29, 1.82) is 0 Å². The van der Waals surface area contributed by atoms with Crippen molar-refractivity contribution in [2.75, 3.05) is 13.6 Å². The number of rotatable bonds is 0. The highest BCUT2D eigenvalue weighted by atomic mass is 16.2. The molecule has 1 saturated heterocycles. The zero-order chi connectivity index (χ0) is 8.55. The number of urea groups is 1. The maximum atomic E-state index is 11.3. The van der Waals surface area contributed by atoms with Crippen molar-refractivity contribution in [1.82, 2.24) is 10.2 Å². The molecular formula is C9H16N2O. The van der Waals surface area contributed by atoms with Gasteiger partial charge in [0.1, 0.15) is 0 Å². The minimum atomic E-state index is 0.109. The van der Waals surface area contributed by atoms with Gasteiger partial charge in [0.15, 0.2) is 0 Å². The Hall–Kier alpha value is -0.730. The van der Waals surface area contributed by atoms with Gasteiger partial charge < -0.3 is 10.2 Å². The SMILES string of the molecule is CN1CC2CCCCC2NC1=O. The fourth-order valence-electron chi connectivity index (χ4n) is 2.32. The van der Waals surface area contributed by atoms with E-state index in [0.717, 1.165) is 6.54 Å². The van der Waals surface area contributed by atoms with Crippen LogP contribution in [0.5, 0.6) is 0 Å². The molecule has 2 amide bonds. The first-order chi connectivity index (χ1) is 5.77. The largest absolute Gasteiger partial charge is 0.335 e. The second-order valence-corrected chi connectivity index (χ2v) is 3.98. The molecule has 1 N–H and O–H groups in total. The second kappa shape index (κ2) is 2.96. The van der Waals surface area contributed by atoms with Crippen LogP contribution in [0.2, 0.25) is 0 Å². The highest BCUT2D eigenvalue weighted by Crippen LogP contribution is 2.27. The lowest BCUT2D eigenvalue weighted by molar-refractivity contribution is 0.139. The summed E-state index contributed by atoms with van der Waals surface area (Å²) >= 11 is 0. The van der Waals surface area contributed by atoms with Crippen molar-refractivity contribution in [3.63, 3.8) is 0 Å². The first-order valence-electron chi connectivity index (χ1n) is 4.79. The molecule has 0 aromatic carbocycles. The summed E-state index contributed by atoms with van der Waals surface area (Å²) in [6.07, 6.45) is 5.09. The van der Waals surface area contributed by atoms with Crippen LogP contribution in [-0.2, 0) is 0 Å². The highest BCUT2D eigenvalue weighted by molar-refractivity contribution is 5.75. The minimum absolute atomic E-state index is 0.109. The number of amides is 2. The van der Waals surface area contributed by atoms with E-state index < -0.39 is 0 Å². The lowest BCUT2D eigenvalue weighted by Crippen LogP contribution is -2.56. The van der Waals surface area contributed by atoms with Crippen LogP contribution in [0.15, 0.2) is 0 Å². The summed E-state index contributed by atoms with van der Waals surface area (Å²) in [5, 5.41) is 3.06. The van der Waals surface area contributed by atoms with Gasteiger partial charge in [0.25, 0.3) is 0 Å². The summed E-state index contributed by atoms with van der Waals surface area (Å²) in [6.45, 7) is 0.955. The summed E-state index contributed by atoms with van der Waals surface area (Å²) in [7, 11) is 1.88. The molecule has 2 aliphatic rings. The molecule has 68 valence electrons. The molecule has 1 aliphatic carbocycles. The lowest BCUT2D eigenvalue weighted by atomic mass is 9.83. The van der Waals surface area contributed by atoms with E-state index in [1.807, 2.05) is 7.05 Å². The summed E-state index contributed by atoms with van der Waals surface area (Å²) in [5.74, 6) is 0.710. The minimum Gasteiger partial charge on any atom is -0.335 e. The number of fused-ring (bicyclic) bond motifs is 1. The number of hydrogen-bond donors (Lipinski definition) is 1. The quantitative estimate of drug-likeness (QED) is 0.579. The molecule has 1 aliphatic heterocycles. The maximum absolute atomic E-state index is 11.3. The van der Waals surface area contributed by atoms with Crippen molar-refractivity contribution in [3.8, 4) is 0 Å². The third kappa shape index (κ3) is 1.28. The second-order valence-electron chi connectivity index (χ2n) is 3.98. The molecule has 2 unspecified atom stereocenters. The molecule has 1 heterocycles. The van der Waals surface area contributed by atoms with Crippen LogP contribution in [0.4, 0.5) is 4.79 Å². The van der Waals surface area contributed by atoms with Gasteiger partial charge in [-0.15, -0.1) is 0 Å². The average Bonchev–Trinajstić information content (AvgIpc) is 2.07. The average molecular weight is 168 g/mol. The van der Waals surface area contributed by atoms with Gasteiger partial charge >= 0.3 is 6.03 Å². The van der Waals surface area contributed by atoms with E-state index in [2.05, 4.69) is 5.32 Å². The Kier molecular flexibility index (Phi) is 1.95. The fourth-order valence-corrected chi connectivity index (χ4v) is 2.32. The summed E-state index contributed by atoms with van der Waals surface area (Å²) in [4.78, 5) is 13.1. The van der Waals surface area contributed by atoms with Crippen molar-refractivity contribution in [2.45, 2.75) is 31.7 Å². The van der Waals surface area contributed by atoms with Crippen LogP contribution in [0.3, 0.4) is 0 Å². The van der Waals surface area contributed by atoms with Gasteiger partial charge in [-0.1, -0.05) is 12.8 Å². The Bertz CT molecular complexity index is 193. The molecule has 0 aromatic heterocycles. The molecule has 0 spiro atoms. The van der Waals surface area contributed by atoms with Crippen LogP contribution < -0.4 is 5.32 Å². The number of nitrogens with one attached hydrogen (secondary N) is 1. The predicted octanol–water partition coefficient (Wildman–Crippen LogP) is 1.20. The van der Waals surface area contributed by atoms with Crippen LogP contribution in [0.1, 0.15) is 25.7 Å². The van der Waals surface area contributed by atoms with Crippen molar-refractivity contribution in [2.24, 2.45) is 5.92 Å². The monoisotopic (exact) mass is 168 g/mol. The Labute approximate surface area is 73.1 Å². The van der Waals surface area contributed by atoms with Gasteiger partial charge in [0.05, 0.1) is 0 Å². The Balaban J connectivity index is 2.02. The summed E-state index contributed by atoms with van der Waals surface area (Å²) < 4.78 is 0. The molecule has 2 rings (SSSR count). The number of carbonyl (C=O) groups is 1. The van der Waals surface area contributed by atoms with E-state index in [4.69, 9.17) is 0 Å². The van der Waals surface area contributed by atoms with Gasteiger partial charge in [-0.05, 0) is 18.8 Å². The normalized spacial score (nSPS) is 35.8. The molecule has 3 heteroatoms. The molecule has 0 aromatic rings. The zero-order valence-corrected chi connectivity index (χ0v) is 7.55. The third-order valence-corrected chi connectivity index (χ3v) is 3.07. The first-order valence-corrected chi connectivity index (χ1v) is 4.79. The van der Waals surface area contributed by atoms with E-state index in [9.17, 15) is 4.79 Å². The smallest absolute Gasteiger partial charge is 0.317 e. The molecule has 1 saturated carbocycles. The van der Waals surface area contributed by atoms with Gasteiger partial charge in [0, 0.05) is 19.6 Å². The van der Waals surface area contributed by atoms with E-state index >= 15 is 0 Å². The first kappa shape index (κ1) is 7.90. The molecule has 12 heavy (non-hydrogen) atoms. The van der Waals surface area contributed by atoms with Gasteiger partial charge in [-0.25, -0.2) is 4.79 Å². The fraction of sp³-hybridized carbons (Fsp3) is 0.889. The van der Waals surface area contributed by atoms with E-state index in [0.29, 0.717) is 12.0 Å². The van der Waals surface area contributed by atoms with Crippen molar-refractivity contribution >= 4 is 6.03 Å². The zero-order valence-electron chi connectivity index (χ0n) is 7.55. The molecule has 3 nitrogen and oxygen atoms in total. The van der Waals surface area contributed by atoms with Crippen LogP contribution >= 0.6 is 0 Å². The summed E-state index contributed by atoms with van der Waals surface area (Å²) in [5.41, 5.74) is 0. The Morgan fingerprint density at radius 3 is 3.00 bits per heavy atom. The Morgan fingerprint density at radius 1 is 1.42 bits per heavy atom. The predicted molar refractivity (Wildman–Crippen MR) is 46.9 cm³/mol. The van der Waals surface area contributed by atoms with Crippen LogP contribution in [-0.4, -0.2) is 30.6 Å². The molecule has 0 radical (unpaired) electrons. The van der Waals surface area contributed by atoms with E-state index in [-0.39, 0.29) is 6.03 Å². The number of nitrogens with zero attached hydrogens (tertiary/aromatic N) is 1. The standard InChI is InChI=1S/C9H16N2O/c1-11-6-7-4-2-3-5-8(7)10-9(11)12/h7-8H,2-6H2,1H3,(H,10,12). The molecular weight excluding hydrogens is 152 g/mol. The maximum Gasteiger partial charge on any atom is 0.317 e. The molecule has 0 bridgehead atoms. The topological polar surface area (TPSA) is 32.3 Å². The summed E-state index contributed by atoms with van der Waals surface area (Å²) in [6, 6.07) is 0.584. The van der Waals surface area contributed by atoms with Crippen LogP contribution in [0, 0.1) is 5.92 Å². The lowest BCUT2D eigenvalue weighted by Gasteiger charge is -2.40. The van der Waals surface area contributed by atoms with Gasteiger partial charge in [-0.2, -0.15) is 0 Å². The molecule has 2 fully saturated rings. The third-order valence-electron chi connectivity index (χ3n) is 3.07. The Morgan fingerprint density at radius 2 is 2.17 bits per heavy atom. The van der Waals surface area contributed by atoms with Crippen molar-refractivity contribution in [3.05, 3.63) is 0 Å².